The number of rotatable bonds is 3. The maximum atomic E-state index is 10.1. The first kappa shape index (κ1) is 13.2. The molecule has 17 heavy (non-hydrogen) atoms. The third kappa shape index (κ3) is 3.37. The Labute approximate surface area is 121 Å². The summed E-state index contributed by atoms with van der Waals surface area (Å²) in [6.07, 6.45) is 3.63. The Morgan fingerprint density at radius 1 is 1.35 bits per heavy atom. The van der Waals surface area contributed by atoms with E-state index in [1.165, 1.54) is 4.88 Å². The zero-order valence-corrected chi connectivity index (χ0v) is 13.1. The monoisotopic (exact) mass is 375 g/mol. The Kier molecular flexibility index (Phi) is 4.36. The molecular weight excluding hydrogens is 366 g/mol. The van der Waals surface area contributed by atoms with E-state index < -0.39 is 6.10 Å². The molecule has 0 aromatic carbocycles. The van der Waals surface area contributed by atoms with Gasteiger partial charge in [-0.2, -0.15) is 0 Å². The molecule has 2 aromatic rings. The van der Waals surface area contributed by atoms with Crippen LogP contribution in [0.4, 0.5) is 0 Å². The van der Waals surface area contributed by atoms with E-state index in [9.17, 15) is 5.11 Å². The molecule has 2 rings (SSSR count). The zero-order valence-electron chi connectivity index (χ0n) is 9.15. The van der Waals surface area contributed by atoms with Crippen LogP contribution in [0.2, 0.25) is 0 Å². The van der Waals surface area contributed by atoms with Crippen LogP contribution in [0, 0.1) is 6.92 Å². The first-order chi connectivity index (χ1) is 8.06. The van der Waals surface area contributed by atoms with E-state index in [4.69, 9.17) is 0 Å². The number of aliphatic hydroxyl groups is 1. The molecule has 0 aliphatic carbocycles. The Balaban J connectivity index is 2.14. The van der Waals surface area contributed by atoms with Crippen LogP contribution >= 0.6 is 43.2 Å². The van der Waals surface area contributed by atoms with E-state index >= 15 is 0 Å². The van der Waals surface area contributed by atoms with Crippen LogP contribution in [0.1, 0.15) is 21.4 Å². The molecule has 2 aromatic heterocycles. The predicted molar refractivity (Wildman–Crippen MR) is 77.4 cm³/mol. The number of hydrogen-bond acceptors (Lipinski definition) is 3. The Morgan fingerprint density at radius 3 is 2.71 bits per heavy atom. The summed E-state index contributed by atoms with van der Waals surface area (Å²) < 4.78 is 2.00. The topological polar surface area (TPSA) is 33.1 Å². The van der Waals surface area contributed by atoms with Crippen molar-refractivity contribution in [2.45, 2.75) is 19.4 Å². The number of pyridine rings is 1. The molecule has 0 spiro atoms. The minimum absolute atomic E-state index is 0.471. The van der Waals surface area contributed by atoms with Crippen molar-refractivity contribution in [2.24, 2.45) is 0 Å². The second-order valence-corrected chi connectivity index (χ2v) is 6.84. The van der Waals surface area contributed by atoms with Gasteiger partial charge >= 0.3 is 0 Å². The summed E-state index contributed by atoms with van der Waals surface area (Å²) in [5.41, 5.74) is 1.02. The lowest BCUT2D eigenvalue weighted by Crippen LogP contribution is -1.99. The van der Waals surface area contributed by atoms with Gasteiger partial charge in [0, 0.05) is 37.5 Å². The van der Waals surface area contributed by atoms with Crippen LogP contribution in [0.3, 0.4) is 0 Å². The van der Waals surface area contributed by atoms with Crippen molar-refractivity contribution in [1.29, 1.82) is 0 Å². The highest BCUT2D eigenvalue weighted by atomic mass is 79.9. The predicted octanol–water partition coefficient (Wildman–Crippen LogP) is 4.25. The van der Waals surface area contributed by atoms with Gasteiger partial charge in [-0.3, -0.25) is 4.98 Å². The summed E-state index contributed by atoms with van der Waals surface area (Å²) in [6, 6.07) is 3.96. The molecule has 2 nitrogen and oxygen atoms in total. The van der Waals surface area contributed by atoms with Crippen LogP contribution in [-0.2, 0) is 6.42 Å². The smallest absolute Gasteiger partial charge is 0.0923 e. The second kappa shape index (κ2) is 5.61. The minimum Gasteiger partial charge on any atom is -0.387 e. The SMILES string of the molecule is Cc1sc(C(O)Cc2cncc(Br)c2)cc1Br. The Bertz CT molecular complexity index is 507. The summed E-state index contributed by atoms with van der Waals surface area (Å²) in [5, 5.41) is 10.1. The van der Waals surface area contributed by atoms with Gasteiger partial charge in [-0.15, -0.1) is 11.3 Å². The average molecular weight is 377 g/mol. The minimum atomic E-state index is -0.471. The van der Waals surface area contributed by atoms with Gasteiger partial charge < -0.3 is 5.11 Å². The summed E-state index contributed by atoms with van der Waals surface area (Å²) in [6.45, 7) is 2.03. The lowest BCUT2D eigenvalue weighted by atomic mass is 10.1. The molecule has 0 bridgehead atoms. The maximum absolute atomic E-state index is 10.1. The Morgan fingerprint density at radius 2 is 2.12 bits per heavy atom. The van der Waals surface area contributed by atoms with Gasteiger partial charge in [0.05, 0.1) is 6.10 Å². The molecule has 5 heteroatoms. The zero-order chi connectivity index (χ0) is 12.4. The van der Waals surface area contributed by atoms with E-state index in [-0.39, 0.29) is 0 Å². The first-order valence-electron chi connectivity index (χ1n) is 5.09. The second-order valence-electron chi connectivity index (χ2n) is 3.78. The fraction of sp³-hybridized carbons (Fsp3) is 0.250. The number of aliphatic hydroxyl groups excluding tert-OH is 1. The van der Waals surface area contributed by atoms with Crippen molar-refractivity contribution < 1.29 is 5.11 Å². The molecule has 0 amide bonds. The molecule has 90 valence electrons. The highest BCUT2D eigenvalue weighted by Crippen LogP contribution is 2.32. The number of halogens is 2. The average Bonchev–Trinajstić information content (AvgIpc) is 2.59. The van der Waals surface area contributed by atoms with E-state index in [0.717, 1.165) is 19.4 Å². The molecule has 1 N–H and O–H groups in total. The van der Waals surface area contributed by atoms with Crippen LogP contribution in [-0.4, -0.2) is 10.1 Å². The normalized spacial score (nSPS) is 12.7. The van der Waals surface area contributed by atoms with Gasteiger partial charge in [0.15, 0.2) is 0 Å². The number of aromatic nitrogens is 1. The van der Waals surface area contributed by atoms with Crippen LogP contribution in [0.15, 0.2) is 33.5 Å². The third-order valence-corrected chi connectivity index (χ3v) is 5.07. The van der Waals surface area contributed by atoms with Gasteiger partial charge in [0.1, 0.15) is 0 Å². The number of hydrogen-bond donors (Lipinski definition) is 1. The lowest BCUT2D eigenvalue weighted by Gasteiger charge is -2.08. The molecule has 0 aliphatic heterocycles. The highest BCUT2D eigenvalue weighted by Gasteiger charge is 2.13. The fourth-order valence-corrected chi connectivity index (χ4v) is 3.50. The van der Waals surface area contributed by atoms with Crippen molar-refractivity contribution in [1.82, 2.24) is 4.98 Å². The maximum Gasteiger partial charge on any atom is 0.0923 e. The van der Waals surface area contributed by atoms with Crippen molar-refractivity contribution in [2.75, 3.05) is 0 Å². The summed E-state index contributed by atoms with van der Waals surface area (Å²) in [7, 11) is 0. The molecule has 2 heterocycles. The van der Waals surface area contributed by atoms with Crippen LogP contribution in [0.25, 0.3) is 0 Å². The number of thiophene rings is 1. The van der Waals surface area contributed by atoms with Gasteiger partial charge in [-0.05, 0) is 56.5 Å². The van der Waals surface area contributed by atoms with Gasteiger partial charge in [0.2, 0.25) is 0 Å². The summed E-state index contributed by atoms with van der Waals surface area (Å²) in [5.74, 6) is 0. The van der Waals surface area contributed by atoms with Gasteiger partial charge in [-0.1, -0.05) is 0 Å². The first-order valence-corrected chi connectivity index (χ1v) is 7.50. The van der Waals surface area contributed by atoms with Gasteiger partial charge in [0.25, 0.3) is 0 Å². The van der Waals surface area contributed by atoms with Crippen LogP contribution < -0.4 is 0 Å². The van der Waals surface area contributed by atoms with E-state index in [2.05, 4.69) is 36.8 Å². The molecular formula is C12H11Br2NOS. The molecule has 0 saturated heterocycles. The fourth-order valence-electron chi connectivity index (χ4n) is 1.54. The van der Waals surface area contributed by atoms with Crippen molar-refractivity contribution >= 4 is 43.2 Å². The lowest BCUT2D eigenvalue weighted by molar-refractivity contribution is 0.182. The molecule has 0 fully saturated rings. The number of nitrogens with zero attached hydrogens (tertiary/aromatic N) is 1. The highest BCUT2D eigenvalue weighted by molar-refractivity contribution is 9.10. The Hall–Kier alpha value is -0.230. The summed E-state index contributed by atoms with van der Waals surface area (Å²) >= 11 is 8.45. The quantitative estimate of drug-likeness (QED) is 0.868. The molecule has 0 radical (unpaired) electrons. The van der Waals surface area contributed by atoms with E-state index in [1.807, 2.05) is 19.1 Å². The number of aryl methyl sites for hydroxylation is 1. The molecule has 0 saturated carbocycles. The van der Waals surface area contributed by atoms with Gasteiger partial charge in [-0.25, -0.2) is 0 Å². The van der Waals surface area contributed by atoms with E-state index in [0.29, 0.717) is 6.42 Å². The van der Waals surface area contributed by atoms with Crippen LogP contribution in [0.5, 0.6) is 0 Å². The largest absolute Gasteiger partial charge is 0.387 e. The van der Waals surface area contributed by atoms with Crippen molar-refractivity contribution in [3.63, 3.8) is 0 Å². The third-order valence-electron chi connectivity index (χ3n) is 2.40. The summed E-state index contributed by atoms with van der Waals surface area (Å²) in [4.78, 5) is 6.26. The van der Waals surface area contributed by atoms with Crippen molar-refractivity contribution in [3.05, 3.63) is 48.8 Å². The molecule has 1 atom stereocenters. The molecule has 0 aliphatic rings. The van der Waals surface area contributed by atoms with E-state index in [1.54, 1.807) is 23.7 Å². The van der Waals surface area contributed by atoms with Crippen molar-refractivity contribution in [3.8, 4) is 0 Å². The molecule has 1 unspecified atom stereocenters. The standard InChI is InChI=1S/C12H11Br2NOS/c1-7-10(14)4-12(17-7)11(16)3-8-2-9(13)6-15-5-8/h2,4-6,11,16H,3H2,1H3.